The van der Waals surface area contributed by atoms with Gasteiger partial charge in [-0.3, -0.25) is 4.79 Å². The number of amides is 3. The van der Waals surface area contributed by atoms with Gasteiger partial charge in [0.05, 0.1) is 25.2 Å². The molecule has 3 unspecified atom stereocenters. The fourth-order valence-electron chi connectivity index (χ4n) is 1.82. The topological polar surface area (TPSA) is 122 Å². The van der Waals surface area contributed by atoms with E-state index in [9.17, 15) is 14.4 Å². The Morgan fingerprint density at radius 2 is 2.11 bits per heavy atom. The monoisotopic (exact) mass is 273 g/mol. The second-order valence-corrected chi connectivity index (χ2v) is 4.66. The number of hydrogen-bond acceptors (Lipinski definition) is 4. The number of carbonyl (C=O) groups excluding carboxylic acids is 2. The highest BCUT2D eigenvalue weighted by atomic mass is 16.5. The van der Waals surface area contributed by atoms with Crippen molar-refractivity contribution in [1.82, 2.24) is 10.2 Å². The Morgan fingerprint density at radius 1 is 1.47 bits per heavy atom. The minimum absolute atomic E-state index is 0.110. The van der Waals surface area contributed by atoms with Crippen molar-refractivity contribution in [2.24, 2.45) is 5.73 Å². The van der Waals surface area contributed by atoms with Crippen LogP contribution in [0.25, 0.3) is 0 Å². The van der Waals surface area contributed by atoms with E-state index in [0.717, 1.165) is 0 Å². The van der Waals surface area contributed by atoms with E-state index in [2.05, 4.69) is 5.32 Å². The van der Waals surface area contributed by atoms with Gasteiger partial charge < -0.3 is 25.8 Å². The first-order chi connectivity index (χ1) is 8.81. The molecular weight excluding hydrogens is 254 g/mol. The van der Waals surface area contributed by atoms with Crippen molar-refractivity contribution in [2.45, 2.75) is 38.5 Å². The lowest BCUT2D eigenvalue weighted by Crippen LogP contribution is -2.56. The molecule has 0 radical (unpaired) electrons. The summed E-state index contributed by atoms with van der Waals surface area (Å²) in [5.41, 5.74) is 4.95. The fraction of sp³-hybridized carbons (Fsp3) is 0.727. The fourth-order valence-corrected chi connectivity index (χ4v) is 1.82. The molecule has 1 fully saturated rings. The Morgan fingerprint density at radius 3 is 2.63 bits per heavy atom. The molecule has 3 atom stereocenters. The normalized spacial score (nSPS) is 24.6. The molecule has 1 aliphatic heterocycles. The van der Waals surface area contributed by atoms with Crippen molar-refractivity contribution < 1.29 is 24.2 Å². The summed E-state index contributed by atoms with van der Waals surface area (Å²) in [5, 5.41) is 11.2. The second-order valence-electron chi connectivity index (χ2n) is 4.66. The molecule has 0 aromatic heterocycles. The summed E-state index contributed by atoms with van der Waals surface area (Å²) < 4.78 is 5.38. The van der Waals surface area contributed by atoms with Gasteiger partial charge >= 0.3 is 12.0 Å². The Kier molecular flexibility index (Phi) is 5.11. The average Bonchev–Trinajstić information content (AvgIpc) is 2.30. The van der Waals surface area contributed by atoms with Gasteiger partial charge in [-0.2, -0.15) is 0 Å². The third kappa shape index (κ3) is 4.40. The summed E-state index contributed by atoms with van der Waals surface area (Å²) >= 11 is 0. The van der Waals surface area contributed by atoms with Crippen LogP contribution >= 0.6 is 0 Å². The lowest BCUT2D eigenvalue weighted by atomic mass is 10.2. The Labute approximate surface area is 110 Å². The van der Waals surface area contributed by atoms with E-state index in [-0.39, 0.29) is 12.1 Å². The zero-order valence-corrected chi connectivity index (χ0v) is 11.0. The van der Waals surface area contributed by atoms with E-state index in [1.54, 1.807) is 6.92 Å². The van der Waals surface area contributed by atoms with Crippen LogP contribution < -0.4 is 11.1 Å². The smallest absolute Gasteiger partial charge is 0.326 e. The number of ether oxygens (including phenoxy) is 1. The summed E-state index contributed by atoms with van der Waals surface area (Å²) in [4.78, 5) is 35.2. The van der Waals surface area contributed by atoms with Crippen molar-refractivity contribution >= 4 is 17.9 Å². The Balaban J connectivity index is 2.65. The summed E-state index contributed by atoms with van der Waals surface area (Å²) in [6, 6.07) is -1.99. The molecule has 0 aromatic rings. The van der Waals surface area contributed by atoms with Crippen molar-refractivity contribution in [3.63, 3.8) is 0 Å². The van der Waals surface area contributed by atoms with Crippen LogP contribution in [0.3, 0.4) is 0 Å². The summed E-state index contributed by atoms with van der Waals surface area (Å²) in [5.74, 6) is -2.07. The number of carboxylic acid groups (broad SMARTS) is 1. The van der Waals surface area contributed by atoms with E-state index in [0.29, 0.717) is 13.2 Å². The van der Waals surface area contributed by atoms with E-state index in [1.165, 1.54) is 4.90 Å². The van der Waals surface area contributed by atoms with Crippen LogP contribution in [0.5, 0.6) is 0 Å². The van der Waals surface area contributed by atoms with E-state index < -0.39 is 30.4 Å². The van der Waals surface area contributed by atoms with Crippen LogP contribution in [-0.4, -0.2) is 59.3 Å². The molecule has 8 nitrogen and oxygen atoms in total. The number of morpholine rings is 1. The number of rotatable bonds is 4. The standard InChI is InChI=1S/C11H19N3O5/c1-6-5-19-7(2)4-14(6)11(18)13-8(10(16)17)3-9(12)15/h6-8H,3-5H2,1-2H3,(H2,12,15)(H,13,18)(H,16,17). The molecule has 0 aromatic carbocycles. The van der Waals surface area contributed by atoms with Crippen LogP contribution in [-0.2, 0) is 14.3 Å². The maximum absolute atomic E-state index is 12.0. The van der Waals surface area contributed by atoms with Crippen molar-refractivity contribution in [3.8, 4) is 0 Å². The van der Waals surface area contributed by atoms with Crippen LogP contribution in [0.4, 0.5) is 4.79 Å². The third-order valence-electron chi connectivity index (χ3n) is 2.87. The van der Waals surface area contributed by atoms with Gasteiger partial charge in [0.1, 0.15) is 6.04 Å². The molecular formula is C11H19N3O5. The molecule has 1 saturated heterocycles. The third-order valence-corrected chi connectivity index (χ3v) is 2.87. The van der Waals surface area contributed by atoms with E-state index >= 15 is 0 Å². The first-order valence-corrected chi connectivity index (χ1v) is 6.01. The number of nitrogens with two attached hydrogens (primary N) is 1. The number of primary amides is 1. The molecule has 0 bridgehead atoms. The van der Waals surface area contributed by atoms with Gasteiger partial charge in [-0.15, -0.1) is 0 Å². The summed E-state index contributed by atoms with van der Waals surface area (Å²) in [7, 11) is 0. The number of hydrogen-bond donors (Lipinski definition) is 3. The number of aliphatic carboxylic acids is 1. The summed E-state index contributed by atoms with van der Waals surface area (Å²) in [6.45, 7) is 4.39. The van der Waals surface area contributed by atoms with Crippen LogP contribution in [0.2, 0.25) is 0 Å². The van der Waals surface area contributed by atoms with Gasteiger partial charge in [-0.1, -0.05) is 0 Å². The van der Waals surface area contributed by atoms with Crippen molar-refractivity contribution in [3.05, 3.63) is 0 Å². The molecule has 3 amide bonds. The van der Waals surface area contributed by atoms with Gasteiger partial charge in [-0.05, 0) is 13.8 Å². The predicted molar refractivity (Wildman–Crippen MR) is 65.3 cm³/mol. The highest BCUT2D eigenvalue weighted by Gasteiger charge is 2.30. The number of nitrogens with zero attached hydrogens (tertiary/aromatic N) is 1. The first-order valence-electron chi connectivity index (χ1n) is 6.01. The van der Waals surface area contributed by atoms with Gasteiger partial charge in [0.15, 0.2) is 0 Å². The maximum Gasteiger partial charge on any atom is 0.326 e. The lowest BCUT2D eigenvalue weighted by Gasteiger charge is -2.37. The number of carbonyl (C=O) groups is 3. The van der Waals surface area contributed by atoms with Gasteiger partial charge in [0.2, 0.25) is 5.91 Å². The predicted octanol–water partition coefficient (Wildman–Crippen LogP) is -0.866. The molecule has 4 N–H and O–H groups in total. The highest BCUT2D eigenvalue weighted by molar-refractivity contribution is 5.87. The molecule has 1 aliphatic rings. The number of carboxylic acids is 1. The molecule has 1 rings (SSSR count). The first kappa shape index (κ1) is 15.2. The average molecular weight is 273 g/mol. The largest absolute Gasteiger partial charge is 0.480 e. The van der Waals surface area contributed by atoms with E-state index in [4.69, 9.17) is 15.6 Å². The quantitative estimate of drug-likeness (QED) is 0.615. The molecule has 8 heteroatoms. The Hall–Kier alpha value is -1.83. The minimum Gasteiger partial charge on any atom is -0.480 e. The molecule has 0 saturated carbocycles. The zero-order chi connectivity index (χ0) is 14.6. The van der Waals surface area contributed by atoms with Crippen molar-refractivity contribution in [2.75, 3.05) is 13.2 Å². The summed E-state index contributed by atoms with van der Waals surface area (Å²) in [6.07, 6.45) is -0.545. The molecule has 0 aliphatic carbocycles. The molecule has 19 heavy (non-hydrogen) atoms. The SMILES string of the molecule is CC1CN(C(=O)NC(CC(N)=O)C(=O)O)C(C)CO1. The number of urea groups is 1. The molecule has 108 valence electrons. The second kappa shape index (κ2) is 6.37. The maximum atomic E-state index is 12.0. The van der Waals surface area contributed by atoms with E-state index in [1.807, 2.05) is 6.92 Å². The van der Waals surface area contributed by atoms with Gasteiger partial charge in [0.25, 0.3) is 0 Å². The Bertz CT molecular complexity index is 373. The van der Waals surface area contributed by atoms with Crippen LogP contribution in [0.15, 0.2) is 0 Å². The minimum atomic E-state index is -1.31. The zero-order valence-electron chi connectivity index (χ0n) is 11.0. The highest BCUT2D eigenvalue weighted by Crippen LogP contribution is 2.11. The van der Waals surface area contributed by atoms with Crippen LogP contribution in [0, 0.1) is 0 Å². The molecule has 1 heterocycles. The van der Waals surface area contributed by atoms with Gasteiger partial charge in [-0.25, -0.2) is 9.59 Å². The lowest BCUT2D eigenvalue weighted by molar-refractivity contribution is -0.141. The molecule has 0 spiro atoms. The van der Waals surface area contributed by atoms with Crippen LogP contribution in [0.1, 0.15) is 20.3 Å². The van der Waals surface area contributed by atoms with Crippen molar-refractivity contribution in [1.29, 1.82) is 0 Å². The number of nitrogens with one attached hydrogen (secondary N) is 1. The van der Waals surface area contributed by atoms with Gasteiger partial charge in [0, 0.05) is 6.54 Å².